The fourth-order valence-corrected chi connectivity index (χ4v) is 1.71. The SMILES string of the molecule is CC(C)N(CCC(=O)O)C(=O)c1cn(CC(=O)N(C)C)nn1. The van der Waals surface area contributed by atoms with Gasteiger partial charge in [0.2, 0.25) is 5.91 Å². The monoisotopic (exact) mass is 311 g/mol. The Bertz CT molecular complexity index is 552. The number of carboxylic acids is 1. The van der Waals surface area contributed by atoms with Crippen molar-refractivity contribution in [2.75, 3.05) is 20.6 Å². The third-order valence-electron chi connectivity index (χ3n) is 3.00. The average molecular weight is 311 g/mol. The second-order valence-corrected chi connectivity index (χ2v) is 5.33. The zero-order valence-electron chi connectivity index (χ0n) is 13.2. The van der Waals surface area contributed by atoms with Crippen molar-refractivity contribution in [3.63, 3.8) is 0 Å². The maximum atomic E-state index is 12.4. The summed E-state index contributed by atoms with van der Waals surface area (Å²) < 4.78 is 1.28. The van der Waals surface area contributed by atoms with Crippen LogP contribution in [0.25, 0.3) is 0 Å². The average Bonchev–Trinajstić information content (AvgIpc) is 2.86. The zero-order chi connectivity index (χ0) is 16.9. The highest BCUT2D eigenvalue weighted by atomic mass is 16.4. The highest BCUT2D eigenvalue weighted by molar-refractivity contribution is 5.92. The van der Waals surface area contributed by atoms with Crippen molar-refractivity contribution < 1.29 is 19.5 Å². The lowest BCUT2D eigenvalue weighted by Crippen LogP contribution is -2.38. The number of nitrogens with zero attached hydrogens (tertiary/aromatic N) is 5. The van der Waals surface area contributed by atoms with Gasteiger partial charge in [-0.05, 0) is 13.8 Å². The third kappa shape index (κ3) is 4.83. The lowest BCUT2D eigenvalue weighted by atomic mass is 10.2. The molecule has 0 unspecified atom stereocenters. The summed E-state index contributed by atoms with van der Waals surface area (Å²) in [5.74, 6) is -1.55. The van der Waals surface area contributed by atoms with Crippen LogP contribution in [0.4, 0.5) is 0 Å². The first-order chi connectivity index (χ1) is 10.2. The Morgan fingerprint density at radius 2 is 1.95 bits per heavy atom. The van der Waals surface area contributed by atoms with Gasteiger partial charge in [-0.2, -0.15) is 0 Å². The summed E-state index contributed by atoms with van der Waals surface area (Å²) in [6.07, 6.45) is 1.25. The molecule has 0 aliphatic heterocycles. The van der Waals surface area contributed by atoms with Crippen LogP contribution in [-0.4, -0.2) is 74.4 Å². The fraction of sp³-hybridized carbons (Fsp3) is 0.615. The van der Waals surface area contributed by atoms with E-state index in [1.165, 1.54) is 20.7 Å². The number of aliphatic carboxylic acids is 1. The van der Waals surface area contributed by atoms with E-state index in [9.17, 15) is 14.4 Å². The van der Waals surface area contributed by atoms with E-state index < -0.39 is 11.9 Å². The van der Waals surface area contributed by atoms with Gasteiger partial charge in [-0.15, -0.1) is 5.10 Å². The summed E-state index contributed by atoms with van der Waals surface area (Å²) in [6, 6.07) is -0.166. The van der Waals surface area contributed by atoms with Gasteiger partial charge in [-0.3, -0.25) is 14.4 Å². The van der Waals surface area contributed by atoms with Crippen LogP contribution in [-0.2, 0) is 16.1 Å². The Labute approximate surface area is 128 Å². The molecule has 9 heteroatoms. The van der Waals surface area contributed by atoms with Crippen molar-refractivity contribution in [2.45, 2.75) is 32.9 Å². The van der Waals surface area contributed by atoms with Gasteiger partial charge in [-0.1, -0.05) is 5.21 Å². The number of carboxylic acid groups (broad SMARTS) is 1. The number of carbonyl (C=O) groups is 3. The van der Waals surface area contributed by atoms with Crippen LogP contribution in [0.5, 0.6) is 0 Å². The predicted molar refractivity (Wildman–Crippen MR) is 77.1 cm³/mol. The first-order valence-corrected chi connectivity index (χ1v) is 6.85. The Kier molecular flexibility index (Phi) is 6.02. The summed E-state index contributed by atoms with van der Waals surface area (Å²) in [5.41, 5.74) is 0.0886. The maximum absolute atomic E-state index is 12.4. The molecule has 1 aromatic heterocycles. The summed E-state index contributed by atoms with van der Waals surface area (Å²) in [5, 5.41) is 16.3. The molecule has 122 valence electrons. The number of hydrogen-bond acceptors (Lipinski definition) is 5. The molecule has 0 atom stereocenters. The number of hydrogen-bond donors (Lipinski definition) is 1. The van der Waals surface area contributed by atoms with Crippen molar-refractivity contribution in [2.24, 2.45) is 0 Å². The van der Waals surface area contributed by atoms with Gasteiger partial charge in [-0.25, -0.2) is 4.68 Å². The molecule has 0 fully saturated rings. The Morgan fingerprint density at radius 3 is 2.45 bits per heavy atom. The molecule has 0 aromatic carbocycles. The number of likely N-dealkylation sites (N-methyl/N-ethyl adjacent to an activating group) is 1. The van der Waals surface area contributed by atoms with Crippen LogP contribution in [0.1, 0.15) is 30.8 Å². The van der Waals surface area contributed by atoms with Gasteiger partial charge >= 0.3 is 5.97 Å². The molecule has 2 amide bonds. The van der Waals surface area contributed by atoms with Crippen LogP contribution in [0.15, 0.2) is 6.20 Å². The number of aromatic nitrogens is 3. The van der Waals surface area contributed by atoms with Gasteiger partial charge in [0.1, 0.15) is 6.54 Å². The molecule has 9 nitrogen and oxygen atoms in total. The minimum atomic E-state index is -0.973. The number of rotatable bonds is 7. The standard InChI is InChI=1S/C13H21N5O4/c1-9(2)18(6-5-12(20)21)13(22)10-7-17(15-14-10)8-11(19)16(3)4/h7,9H,5-6,8H2,1-4H3,(H,20,21). The molecular weight excluding hydrogens is 290 g/mol. The normalized spacial score (nSPS) is 10.6. The van der Waals surface area contributed by atoms with E-state index in [4.69, 9.17) is 5.11 Å². The maximum Gasteiger partial charge on any atom is 0.305 e. The molecule has 0 spiro atoms. The van der Waals surface area contributed by atoms with Gasteiger partial charge in [0.05, 0.1) is 12.6 Å². The molecule has 1 heterocycles. The Hall–Kier alpha value is -2.45. The van der Waals surface area contributed by atoms with E-state index in [2.05, 4.69) is 10.3 Å². The summed E-state index contributed by atoms with van der Waals surface area (Å²) in [6.45, 7) is 3.67. The van der Waals surface area contributed by atoms with E-state index in [0.717, 1.165) is 0 Å². The quantitative estimate of drug-likeness (QED) is 0.740. The van der Waals surface area contributed by atoms with Crippen molar-refractivity contribution in [1.29, 1.82) is 0 Å². The van der Waals surface area contributed by atoms with Crippen LogP contribution < -0.4 is 0 Å². The largest absolute Gasteiger partial charge is 0.481 e. The van der Waals surface area contributed by atoms with Crippen LogP contribution in [0.2, 0.25) is 0 Å². The zero-order valence-corrected chi connectivity index (χ0v) is 13.2. The predicted octanol–water partition coefficient (Wildman–Crippen LogP) is -0.308. The fourth-order valence-electron chi connectivity index (χ4n) is 1.71. The second-order valence-electron chi connectivity index (χ2n) is 5.33. The molecule has 0 bridgehead atoms. The summed E-state index contributed by atoms with van der Waals surface area (Å²) >= 11 is 0. The number of amides is 2. The molecule has 0 aliphatic rings. The van der Waals surface area contributed by atoms with Crippen LogP contribution in [0, 0.1) is 0 Å². The lowest BCUT2D eigenvalue weighted by molar-refractivity contribution is -0.137. The highest BCUT2D eigenvalue weighted by Crippen LogP contribution is 2.07. The van der Waals surface area contributed by atoms with Gasteiger partial charge in [0.15, 0.2) is 5.69 Å². The molecule has 1 N–H and O–H groups in total. The second kappa shape index (κ2) is 7.53. The summed E-state index contributed by atoms with van der Waals surface area (Å²) in [7, 11) is 3.25. The van der Waals surface area contributed by atoms with Crippen LogP contribution >= 0.6 is 0 Å². The lowest BCUT2D eigenvalue weighted by Gasteiger charge is -2.25. The van der Waals surface area contributed by atoms with E-state index in [1.54, 1.807) is 27.9 Å². The van der Waals surface area contributed by atoms with E-state index in [1.807, 2.05) is 0 Å². The smallest absolute Gasteiger partial charge is 0.305 e. The molecular formula is C13H21N5O4. The van der Waals surface area contributed by atoms with Gasteiger partial charge in [0, 0.05) is 26.7 Å². The van der Waals surface area contributed by atoms with Crippen LogP contribution in [0.3, 0.4) is 0 Å². The first kappa shape index (κ1) is 17.6. The highest BCUT2D eigenvalue weighted by Gasteiger charge is 2.22. The first-order valence-electron chi connectivity index (χ1n) is 6.85. The van der Waals surface area contributed by atoms with E-state index in [0.29, 0.717) is 0 Å². The van der Waals surface area contributed by atoms with Gasteiger partial charge in [0.25, 0.3) is 5.91 Å². The molecule has 0 aliphatic carbocycles. The molecule has 1 rings (SSSR count). The van der Waals surface area contributed by atoms with Crippen molar-refractivity contribution in [3.05, 3.63) is 11.9 Å². The van der Waals surface area contributed by atoms with E-state index >= 15 is 0 Å². The topological polar surface area (TPSA) is 109 Å². The third-order valence-corrected chi connectivity index (χ3v) is 3.00. The molecule has 0 radical (unpaired) electrons. The Balaban J connectivity index is 2.80. The minimum Gasteiger partial charge on any atom is -0.481 e. The molecule has 0 saturated carbocycles. The minimum absolute atomic E-state index is 0.00984. The van der Waals surface area contributed by atoms with Gasteiger partial charge < -0.3 is 14.9 Å². The molecule has 22 heavy (non-hydrogen) atoms. The van der Waals surface area contributed by atoms with Crippen molar-refractivity contribution in [3.8, 4) is 0 Å². The Morgan fingerprint density at radius 1 is 1.32 bits per heavy atom. The summed E-state index contributed by atoms with van der Waals surface area (Å²) in [4.78, 5) is 37.4. The van der Waals surface area contributed by atoms with E-state index in [-0.39, 0.29) is 37.2 Å². The molecule has 1 aromatic rings. The number of carbonyl (C=O) groups excluding carboxylic acids is 2. The van der Waals surface area contributed by atoms with Crippen molar-refractivity contribution >= 4 is 17.8 Å². The van der Waals surface area contributed by atoms with Crippen molar-refractivity contribution in [1.82, 2.24) is 24.8 Å². The molecule has 0 saturated heterocycles.